The largest absolute Gasteiger partial charge is 0.325 e. The van der Waals surface area contributed by atoms with Crippen LogP contribution in [-0.4, -0.2) is 57.3 Å². The Hall–Kier alpha value is -1.44. The molecule has 1 amide bonds. The summed E-state index contributed by atoms with van der Waals surface area (Å²) in [7, 11) is -0.513. The summed E-state index contributed by atoms with van der Waals surface area (Å²) in [6, 6.07) is 6.43. The second kappa shape index (κ2) is 8.06. The van der Waals surface area contributed by atoms with Crippen molar-refractivity contribution < 1.29 is 13.2 Å². The van der Waals surface area contributed by atoms with E-state index >= 15 is 0 Å². The molecule has 0 aromatic heterocycles. The Bertz CT molecular complexity index is 748. The number of hydrogen-bond acceptors (Lipinski definition) is 4. The van der Waals surface area contributed by atoms with Crippen LogP contribution in [0.1, 0.15) is 32.1 Å². The number of hydrogen-bond donors (Lipinski definition) is 1. The van der Waals surface area contributed by atoms with Crippen molar-refractivity contribution in [3.63, 3.8) is 0 Å². The maximum Gasteiger partial charge on any atom is 0.242 e. The van der Waals surface area contributed by atoms with E-state index in [1.807, 2.05) is 0 Å². The Morgan fingerprint density at radius 2 is 1.92 bits per heavy atom. The van der Waals surface area contributed by atoms with Gasteiger partial charge in [0.25, 0.3) is 0 Å². The highest BCUT2D eigenvalue weighted by Crippen LogP contribution is 2.35. The van der Waals surface area contributed by atoms with Crippen LogP contribution in [0.25, 0.3) is 0 Å². The average molecular weight is 380 g/mol. The molecule has 7 heteroatoms. The van der Waals surface area contributed by atoms with Gasteiger partial charge in [-0.25, -0.2) is 12.7 Å². The van der Waals surface area contributed by atoms with Gasteiger partial charge in [0.1, 0.15) is 0 Å². The van der Waals surface area contributed by atoms with Gasteiger partial charge in [-0.15, -0.1) is 0 Å². The number of fused-ring (bicyclic) bond motifs is 1. The van der Waals surface area contributed by atoms with Gasteiger partial charge in [-0.1, -0.05) is 25.3 Å². The number of likely N-dealkylation sites (tertiary alicyclic amines) is 1. The summed E-state index contributed by atoms with van der Waals surface area (Å²) in [4.78, 5) is 14.8. The zero-order chi connectivity index (χ0) is 18.7. The molecule has 2 fully saturated rings. The lowest BCUT2D eigenvalue weighted by Gasteiger charge is -2.41. The number of nitrogens with one attached hydrogen (secondary N) is 1. The highest BCUT2D eigenvalue weighted by Gasteiger charge is 2.31. The molecule has 0 spiro atoms. The van der Waals surface area contributed by atoms with E-state index in [-0.39, 0.29) is 10.8 Å². The molecule has 2 aliphatic rings. The SMILES string of the molecule is CN(C)S(=O)(=O)c1cccc(NC(=O)CN2CC[C@@H]3CCCC[C@@H]3C2)c1. The molecule has 0 bridgehead atoms. The standard InChI is InChI=1S/C19H29N3O3S/c1-21(2)26(24,25)18-9-5-8-17(12-18)20-19(23)14-22-11-10-15-6-3-4-7-16(15)13-22/h5,8-9,12,15-16H,3-4,6-7,10-11,13-14H2,1-2H3,(H,20,23)/t15-,16+/m0/s1. The minimum absolute atomic E-state index is 0.0846. The Labute approximate surface area is 156 Å². The van der Waals surface area contributed by atoms with E-state index in [0.29, 0.717) is 12.2 Å². The number of carbonyl (C=O) groups is 1. The third kappa shape index (κ3) is 4.45. The van der Waals surface area contributed by atoms with Gasteiger partial charge in [-0.05, 0) is 49.4 Å². The Morgan fingerprint density at radius 3 is 2.65 bits per heavy atom. The molecule has 1 aromatic rings. The van der Waals surface area contributed by atoms with E-state index in [1.165, 1.54) is 56.6 Å². The summed E-state index contributed by atoms with van der Waals surface area (Å²) in [5, 5.41) is 2.85. The van der Waals surface area contributed by atoms with Gasteiger partial charge in [0.2, 0.25) is 15.9 Å². The van der Waals surface area contributed by atoms with Crippen LogP contribution in [0.4, 0.5) is 5.69 Å². The predicted molar refractivity (Wildman–Crippen MR) is 102 cm³/mol. The minimum Gasteiger partial charge on any atom is -0.325 e. The first-order valence-corrected chi connectivity index (χ1v) is 10.8. The van der Waals surface area contributed by atoms with Crippen molar-refractivity contribution in [2.75, 3.05) is 39.0 Å². The first-order valence-electron chi connectivity index (χ1n) is 9.41. The van der Waals surface area contributed by atoms with E-state index in [2.05, 4.69) is 10.2 Å². The minimum atomic E-state index is -3.50. The van der Waals surface area contributed by atoms with E-state index in [1.54, 1.807) is 18.2 Å². The number of benzene rings is 1. The van der Waals surface area contributed by atoms with E-state index in [0.717, 1.165) is 24.9 Å². The summed E-state index contributed by atoms with van der Waals surface area (Å²) < 4.78 is 25.6. The lowest BCUT2D eigenvalue weighted by Crippen LogP contribution is -2.44. The van der Waals surface area contributed by atoms with Gasteiger partial charge in [-0.3, -0.25) is 9.69 Å². The summed E-state index contributed by atoms with van der Waals surface area (Å²) in [6.45, 7) is 2.35. The predicted octanol–water partition coefficient (Wildman–Crippen LogP) is 2.39. The summed E-state index contributed by atoms with van der Waals surface area (Å²) in [5.41, 5.74) is 0.519. The number of amides is 1. The van der Waals surface area contributed by atoms with Crippen LogP contribution in [0.2, 0.25) is 0 Å². The molecule has 1 aliphatic carbocycles. The molecule has 1 saturated heterocycles. The molecule has 1 heterocycles. The highest BCUT2D eigenvalue weighted by atomic mass is 32.2. The van der Waals surface area contributed by atoms with Crippen molar-refractivity contribution in [2.45, 2.75) is 37.0 Å². The van der Waals surface area contributed by atoms with Crippen LogP contribution < -0.4 is 5.32 Å². The monoisotopic (exact) mass is 379 g/mol. The van der Waals surface area contributed by atoms with Crippen LogP contribution in [-0.2, 0) is 14.8 Å². The fourth-order valence-corrected chi connectivity index (χ4v) is 5.12. The third-order valence-electron chi connectivity index (χ3n) is 5.64. The molecule has 6 nitrogen and oxygen atoms in total. The van der Waals surface area contributed by atoms with Crippen molar-refractivity contribution in [3.05, 3.63) is 24.3 Å². The lowest BCUT2D eigenvalue weighted by molar-refractivity contribution is -0.118. The molecule has 26 heavy (non-hydrogen) atoms. The second-order valence-electron chi connectivity index (χ2n) is 7.69. The number of nitrogens with zero attached hydrogens (tertiary/aromatic N) is 2. The summed E-state index contributed by atoms with van der Waals surface area (Å²) in [5.74, 6) is 1.49. The van der Waals surface area contributed by atoms with Crippen molar-refractivity contribution in [3.8, 4) is 0 Å². The Balaban J connectivity index is 1.58. The number of rotatable bonds is 5. The second-order valence-corrected chi connectivity index (χ2v) is 9.84. The molecule has 1 N–H and O–H groups in total. The van der Waals surface area contributed by atoms with Gasteiger partial charge in [0.15, 0.2) is 0 Å². The van der Waals surface area contributed by atoms with Crippen LogP contribution >= 0.6 is 0 Å². The number of carbonyl (C=O) groups excluding carboxylic acids is 1. The van der Waals surface area contributed by atoms with E-state index in [4.69, 9.17) is 0 Å². The van der Waals surface area contributed by atoms with Gasteiger partial charge in [0, 0.05) is 26.3 Å². The fourth-order valence-electron chi connectivity index (χ4n) is 4.17. The number of piperidine rings is 1. The molecular formula is C19H29N3O3S. The summed E-state index contributed by atoms with van der Waals surface area (Å²) >= 11 is 0. The summed E-state index contributed by atoms with van der Waals surface area (Å²) in [6.07, 6.45) is 6.49. The van der Waals surface area contributed by atoms with Crippen molar-refractivity contribution in [1.82, 2.24) is 9.21 Å². The fraction of sp³-hybridized carbons (Fsp3) is 0.632. The van der Waals surface area contributed by atoms with Gasteiger partial charge < -0.3 is 5.32 Å². The molecule has 1 aromatic carbocycles. The van der Waals surface area contributed by atoms with Gasteiger partial charge >= 0.3 is 0 Å². The Morgan fingerprint density at radius 1 is 1.19 bits per heavy atom. The topological polar surface area (TPSA) is 69.7 Å². The molecule has 1 aliphatic heterocycles. The molecule has 0 unspecified atom stereocenters. The van der Waals surface area contributed by atoms with Crippen molar-refractivity contribution >= 4 is 21.6 Å². The zero-order valence-electron chi connectivity index (χ0n) is 15.6. The first-order chi connectivity index (χ1) is 12.4. The van der Waals surface area contributed by atoms with Crippen molar-refractivity contribution in [1.29, 1.82) is 0 Å². The molecule has 0 radical (unpaired) electrons. The molecule has 1 saturated carbocycles. The van der Waals surface area contributed by atoms with E-state index < -0.39 is 10.0 Å². The highest BCUT2D eigenvalue weighted by molar-refractivity contribution is 7.89. The van der Waals surface area contributed by atoms with Crippen molar-refractivity contribution in [2.24, 2.45) is 11.8 Å². The normalized spacial score (nSPS) is 24.3. The van der Waals surface area contributed by atoms with Gasteiger partial charge in [-0.2, -0.15) is 0 Å². The average Bonchev–Trinajstić information content (AvgIpc) is 2.61. The van der Waals surface area contributed by atoms with Crippen LogP contribution in [0, 0.1) is 11.8 Å². The first kappa shape index (κ1) is 19.3. The number of anilines is 1. The number of sulfonamides is 1. The van der Waals surface area contributed by atoms with E-state index in [9.17, 15) is 13.2 Å². The molecule has 144 valence electrons. The Kier molecular flexibility index (Phi) is 5.99. The molecule has 2 atom stereocenters. The van der Waals surface area contributed by atoms with Crippen LogP contribution in [0.15, 0.2) is 29.2 Å². The molecular weight excluding hydrogens is 350 g/mol. The smallest absolute Gasteiger partial charge is 0.242 e. The van der Waals surface area contributed by atoms with Crippen LogP contribution in [0.3, 0.4) is 0 Å². The quantitative estimate of drug-likeness (QED) is 0.853. The maximum atomic E-state index is 12.4. The third-order valence-corrected chi connectivity index (χ3v) is 7.45. The lowest BCUT2D eigenvalue weighted by atomic mass is 9.75. The van der Waals surface area contributed by atoms with Crippen LogP contribution in [0.5, 0.6) is 0 Å². The zero-order valence-corrected chi connectivity index (χ0v) is 16.5. The van der Waals surface area contributed by atoms with Gasteiger partial charge in [0.05, 0.1) is 11.4 Å². The maximum absolute atomic E-state index is 12.4. The molecule has 3 rings (SSSR count).